The molecule has 0 radical (unpaired) electrons. The maximum absolute atomic E-state index is 10.1. The summed E-state index contributed by atoms with van der Waals surface area (Å²) in [5.41, 5.74) is 1.68. The Balaban J connectivity index is 0.000000293. The lowest BCUT2D eigenvalue weighted by Crippen LogP contribution is -2.41. The molecule has 3 rings (SSSR count). The van der Waals surface area contributed by atoms with Gasteiger partial charge in [-0.3, -0.25) is 0 Å². The molecule has 0 unspecified atom stereocenters. The van der Waals surface area contributed by atoms with Crippen molar-refractivity contribution in [2.45, 2.75) is 79.4 Å². The zero-order valence-corrected chi connectivity index (χ0v) is 25.9. The second kappa shape index (κ2) is 14.4. The summed E-state index contributed by atoms with van der Waals surface area (Å²) in [5, 5.41) is 11.3. The van der Waals surface area contributed by atoms with Crippen molar-refractivity contribution in [1.29, 1.82) is 0 Å². The van der Waals surface area contributed by atoms with Crippen LogP contribution in [0.1, 0.15) is 66.5 Å². The molecule has 2 nitrogen and oxygen atoms in total. The van der Waals surface area contributed by atoms with Gasteiger partial charge in [0.15, 0.2) is 0 Å². The zero-order chi connectivity index (χ0) is 28.5. The number of aliphatic hydroxyl groups is 1. The molecular weight excluding hydrogens is 511 g/mol. The first kappa shape index (κ1) is 32.2. The molecule has 0 saturated heterocycles. The number of rotatable bonds is 10. The lowest BCUT2D eigenvalue weighted by molar-refractivity contribution is -0.00342. The summed E-state index contributed by atoms with van der Waals surface area (Å²) in [4.78, 5) is 0. The molecule has 0 spiro atoms. The van der Waals surface area contributed by atoms with Crippen molar-refractivity contribution in [3.63, 3.8) is 0 Å². The number of halogens is 2. The fourth-order valence-electron chi connectivity index (χ4n) is 5.24. The van der Waals surface area contributed by atoms with E-state index in [4.69, 9.17) is 27.9 Å². The minimum absolute atomic E-state index is 0.305. The van der Waals surface area contributed by atoms with Crippen molar-refractivity contribution < 1.29 is 9.84 Å². The van der Waals surface area contributed by atoms with E-state index in [2.05, 4.69) is 90.1 Å². The van der Waals surface area contributed by atoms with Crippen LogP contribution in [-0.4, -0.2) is 16.3 Å². The van der Waals surface area contributed by atoms with Crippen LogP contribution in [0.25, 0.3) is 0 Å². The Hall–Kier alpha value is -2.00. The van der Waals surface area contributed by atoms with Crippen LogP contribution < -0.4 is 4.74 Å². The molecule has 0 aliphatic carbocycles. The van der Waals surface area contributed by atoms with Gasteiger partial charge in [0.05, 0.1) is 10.6 Å². The maximum Gasteiger partial charge on any atom is 0.138 e. The van der Waals surface area contributed by atoms with Gasteiger partial charge in [0.2, 0.25) is 0 Å². The molecule has 3 aromatic carbocycles. The molecule has 208 valence electrons. The Kier molecular flexibility index (Phi) is 12.2. The van der Waals surface area contributed by atoms with Crippen molar-refractivity contribution in [1.82, 2.24) is 0 Å². The highest BCUT2D eigenvalue weighted by Crippen LogP contribution is 2.36. The van der Waals surface area contributed by atoms with Crippen LogP contribution in [0.5, 0.6) is 5.75 Å². The summed E-state index contributed by atoms with van der Waals surface area (Å²) in [6, 6.07) is 26.3. The highest BCUT2D eigenvalue weighted by Gasteiger charge is 2.34. The molecular formula is C34H46Cl2O2. The second-order valence-corrected chi connectivity index (χ2v) is 12.9. The molecule has 4 heteroatoms. The van der Waals surface area contributed by atoms with Gasteiger partial charge in [-0.1, -0.05) is 112 Å². The first-order valence-electron chi connectivity index (χ1n) is 13.6. The normalized spacial score (nSPS) is 13.6. The van der Waals surface area contributed by atoms with E-state index in [-0.39, 0.29) is 5.60 Å². The van der Waals surface area contributed by atoms with Crippen LogP contribution in [0.2, 0.25) is 10.0 Å². The molecule has 0 heterocycles. The maximum atomic E-state index is 10.1. The fraction of sp³-hybridized carbons (Fsp3) is 0.471. The van der Waals surface area contributed by atoms with Crippen LogP contribution in [0, 0.1) is 23.7 Å². The highest BCUT2D eigenvalue weighted by molar-refractivity contribution is 6.35. The van der Waals surface area contributed by atoms with Gasteiger partial charge in [0.25, 0.3) is 0 Å². The molecule has 1 N–H and O–H groups in total. The van der Waals surface area contributed by atoms with Gasteiger partial charge in [0.1, 0.15) is 11.4 Å². The smallest absolute Gasteiger partial charge is 0.138 e. The van der Waals surface area contributed by atoms with E-state index in [9.17, 15) is 5.11 Å². The third kappa shape index (κ3) is 10.3. The summed E-state index contributed by atoms with van der Waals surface area (Å²) in [6.07, 6.45) is 1.92. The number of benzene rings is 3. The average molecular weight is 558 g/mol. The van der Waals surface area contributed by atoms with Gasteiger partial charge >= 0.3 is 0 Å². The van der Waals surface area contributed by atoms with Crippen LogP contribution in [0.4, 0.5) is 0 Å². The highest BCUT2D eigenvalue weighted by atomic mass is 35.5. The number of hydrogen-bond donors (Lipinski definition) is 1. The summed E-state index contributed by atoms with van der Waals surface area (Å²) in [7, 11) is 0. The van der Waals surface area contributed by atoms with Crippen molar-refractivity contribution in [3.05, 3.63) is 100 Å². The third-order valence-corrected chi connectivity index (χ3v) is 7.80. The first-order valence-corrected chi connectivity index (χ1v) is 14.4. The van der Waals surface area contributed by atoms with Crippen LogP contribution in [0.3, 0.4) is 0 Å². The minimum atomic E-state index is -0.607. The molecule has 0 bridgehead atoms. The van der Waals surface area contributed by atoms with Gasteiger partial charge in [-0.05, 0) is 87.6 Å². The van der Waals surface area contributed by atoms with Crippen LogP contribution in [-0.2, 0) is 12.8 Å². The van der Waals surface area contributed by atoms with Gasteiger partial charge in [-0.25, -0.2) is 0 Å². The zero-order valence-electron chi connectivity index (χ0n) is 24.3. The van der Waals surface area contributed by atoms with E-state index in [1.165, 1.54) is 11.1 Å². The predicted molar refractivity (Wildman–Crippen MR) is 164 cm³/mol. The molecule has 0 aromatic heterocycles. The molecule has 2 atom stereocenters. The third-order valence-electron chi connectivity index (χ3n) is 7.27. The van der Waals surface area contributed by atoms with Crippen molar-refractivity contribution in [3.8, 4) is 5.75 Å². The second-order valence-electron chi connectivity index (χ2n) is 12.0. The Morgan fingerprint density at radius 3 is 1.53 bits per heavy atom. The van der Waals surface area contributed by atoms with E-state index in [0.29, 0.717) is 39.5 Å². The van der Waals surface area contributed by atoms with E-state index in [1.807, 2.05) is 32.0 Å². The number of hydrogen-bond acceptors (Lipinski definition) is 2. The fourth-order valence-corrected chi connectivity index (χ4v) is 5.69. The Labute approximate surface area is 241 Å². The Bertz CT molecular complexity index is 1090. The molecule has 3 aromatic rings. The van der Waals surface area contributed by atoms with Gasteiger partial charge in [-0.2, -0.15) is 0 Å². The number of ether oxygens (including phenoxy) is 1. The molecule has 0 aliphatic rings. The molecule has 0 saturated carbocycles. The standard InChI is InChI=1S/C20H24Cl2O.C14H22O/c1-14(2)17(12-15-8-6-5-7-9-15)20(3,4)23-19-11-10-16(21)13-18(19)22;1-11(2)13(14(3,4)15)10-12-8-6-5-7-9-12/h5-11,13-14,17H,12H2,1-4H3;5-9,11,13,15H,10H2,1-4H3/t17-;13-/m00/s1. The van der Waals surface area contributed by atoms with E-state index in [1.54, 1.807) is 12.1 Å². The van der Waals surface area contributed by atoms with E-state index in [0.717, 1.165) is 12.8 Å². The summed E-state index contributed by atoms with van der Waals surface area (Å²) >= 11 is 12.2. The van der Waals surface area contributed by atoms with Crippen molar-refractivity contribution >= 4 is 23.2 Å². The Morgan fingerprint density at radius 2 is 1.13 bits per heavy atom. The minimum Gasteiger partial charge on any atom is -0.486 e. The van der Waals surface area contributed by atoms with Crippen LogP contribution in [0.15, 0.2) is 78.9 Å². The lowest BCUT2D eigenvalue weighted by atomic mass is 9.77. The summed E-state index contributed by atoms with van der Waals surface area (Å²) < 4.78 is 6.29. The van der Waals surface area contributed by atoms with E-state index < -0.39 is 5.60 Å². The van der Waals surface area contributed by atoms with Gasteiger partial charge in [-0.15, -0.1) is 0 Å². The van der Waals surface area contributed by atoms with E-state index >= 15 is 0 Å². The topological polar surface area (TPSA) is 29.5 Å². The summed E-state index contributed by atoms with van der Waals surface area (Å²) in [5.74, 6) is 2.32. The molecule has 38 heavy (non-hydrogen) atoms. The monoisotopic (exact) mass is 556 g/mol. The molecule has 0 aliphatic heterocycles. The largest absolute Gasteiger partial charge is 0.486 e. The first-order chi connectivity index (χ1) is 17.7. The van der Waals surface area contributed by atoms with Crippen LogP contribution >= 0.6 is 23.2 Å². The Morgan fingerprint density at radius 1 is 0.684 bits per heavy atom. The lowest BCUT2D eigenvalue weighted by Gasteiger charge is -2.38. The quantitative estimate of drug-likeness (QED) is 0.269. The SMILES string of the molecule is CC(C)[C@H](Cc1ccccc1)C(C)(C)O.CC(C)[C@H](Cc1ccccc1)C(C)(C)Oc1ccc(Cl)cc1Cl. The van der Waals surface area contributed by atoms with Gasteiger partial charge in [0, 0.05) is 10.9 Å². The predicted octanol–water partition coefficient (Wildman–Crippen LogP) is 9.94. The van der Waals surface area contributed by atoms with Gasteiger partial charge < -0.3 is 9.84 Å². The average Bonchev–Trinajstić information content (AvgIpc) is 2.83. The van der Waals surface area contributed by atoms with Crippen molar-refractivity contribution in [2.75, 3.05) is 0 Å². The molecule has 0 fully saturated rings. The van der Waals surface area contributed by atoms with Crippen molar-refractivity contribution in [2.24, 2.45) is 23.7 Å². The molecule has 0 amide bonds. The summed E-state index contributed by atoms with van der Waals surface area (Å²) in [6.45, 7) is 16.9.